The monoisotopic (exact) mass is 576 g/mol. The zero-order chi connectivity index (χ0) is 30.2. The van der Waals surface area contributed by atoms with Crippen LogP contribution in [0.15, 0.2) is 133 Å². The highest BCUT2D eigenvalue weighted by molar-refractivity contribution is 5.96. The molecule has 4 nitrogen and oxygen atoms in total. The van der Waals surface area contributed by atoms with E-state index >= 15 is 0 Å². The number of esters is 2. The smallest absolute Gasteiger partial charge is 0.338 e. The summed E-state index contributed by atoms with van der Waals surface area (Å²) in [6, 6.07) is 43.4. The molecule has 0 spiro atoms. The molecule has 4 atom stereocenters. The lowest BCUT2D eigenvalue weighted by Crippen LogP contribution is -2.46. The molecule has 0 aromatic heterocycles. The summed E-state index contributed by atoms with van der Waals surface area (Å²) >= 11 is 0. The normalized spacial score (nSPS) is 19.3. The fraction of sp³-hybridized carbons (Fsp3) is 0.150. The number of aryl methyl sites for hydroxylation is 1. The van der Waals surface area contributed by atoms with Crippen molar-refractivity contribution in [2.24, 2.45) is 0 Å². The molecule has 0 bridgehead atoms. The average molecular weight is 577 g/mol. The molecular formula is C40H32O4. The Hall–Kier alpha value is -5.22. The number of hydrogen-bond donors (Lipinski definition) is 0. The Bertz CT molecular complexity index is 2030. The molecule has 216 valence electrons. The lowest BCUT2D eigenvalue weighted by molar-refractivity contribution is -0.0532. The fourth-order valence-corrected chi connectivity index (χ4v) is 6.64. The number of hydrogen-bond acceptors (Lipinski definition) is 4. The number of rotatable bonds is 5. The van der Waals surface area contributed by atoms with Crippen LogP contribution in [0.1, 0.15) is 61.7 Å². The van der Waals surface area contributed by atoms with Crippen molar-refractivity contribution in [1.29, 1.82) is 0 Å². The molecule has 6 aromatic carbocycles. The van der Waals surface area contributed by atoms with Crippen LogP contribution in [0, 0.1) is 6.92 Å². The summed E-state index contributed by atoms with van der Waals surface area (Å²) in [5, 5.41) is 4.01. The molecule has 7 rings (SSSR count). The van der Waals surface area contributed by atoms with Gasteiger partial charge in [0.15, 0.2) is 6.10 Å². The van der Waals surface area contributed by atoms with Gasteiger partial charge in [-0.25, -0.2) is 9.59 Å². The van der Waals surface area contributed by atoms with E-state index in [1.807, 2.05) is 104 Å². The first-order valence-corrected chi connectivity index (χ1v) is 15.0. The number of benzene rings is 6. The first-order chi connectivity index (χ1) is 21.5. The van der Waals surface area contributed by atoms with Crippen molar-refractivity contribution in [2.75, 3.05) is 0 Å². The van der Waals surface area contributed by atoms with Crippen LogP contribution in [0.4, 0.5) is 0 Å². The van der Waals surface area contributed by atoms with E-state index in [2.05, 4.69) is 31.2 Å². The maximum atomic E-state index is 13.9. The van der Waals surface area contributed by atoms with Crippen LogP contribution in [0.3, 0.4) is 0 Å². The molecule has 0 radical (unpaired) electrons. The second-order valence-electron chi connectivity index (χ2n) is 11.6. The predicted octanol–water partition coefficient (Wildman–Crippen LogP) is 9.00. The van der Waals surface area contributed by atoms with Crippen molar-refractivity contribution < 1.29 is 19.1 Å². The van der Waals surface area contributed by atoms with Crippen molar-refractivity contribution in [1.82, 2.24) is 0 Å². The Morgan fingerprint density at radius 2 is 0.955 bits per heavy atom. The Morgan fingerprint density at radius 3 is 1.52 bits per heavy atom. The number of fused-ring (bicyclic) bond motifs is 3. The van der Waals surface area contributed by atoms with Gasteiger partial charge in [-0.15, -0.1) is 0 Å². The van der Waals surface area contributed by atoms with E-state index in [-0.39, 0.29) is 11.8 Å². The van der Waals surface area contributed by atoms with Crippen LogP contribution in [0.25, 0.3) is 21.5 Å². The van der Waals surface area contributed by atoms with E-state index in [1.165, 1.54) is 0 Å². The Morgan fingerprint density at radius 1 is 0.500 bits per heavy atom. The standard InChI is InChI=1S/C40H32O4/c1-25-11-3-8-16-33(25)36-35-18-10-9-17-34(35)26(2)37(43-39(41)31-21-19-27-12-4-6-14-29(27)23-31)38(36)44-40(42)32-22-20-28-13-5-7-15-30(28)24-32/h3-24,26,36-38H,1-2H3/t26-,36-,37?,38?/m0/s1. The summed E-state index contributed by atoms with van der Waals surface area (Å²) in [6.45, 7) is 4.11. The van der Waals surface area contributed by atoms with Gasteiger partial charge in [-0.05, 0) is 75.0 Å². The van der Waals surface area contributed by atoms with E-state index in [9.17, 15) is 9.59 Å². The minimum Gasteiger partial charge on any atom is -0.454 e. The van der Waals surface area contributed by atoms with Crippen LogP contribution in [0.2, 0.25) is 0 Å². The number of carbonyl (C=O) groups excluding carboxylic acids is 2. The largest absolute Gasteiger partial charge is 0.454 e. The van der Waals surface area contributed by atoms with E-state index in [0.717, 1.165) is 43.8 Å². The third-order valence-electron chi connectivity index (χ3n) is 8.95. The van der Waals surface area contributed by atoms with Gasteiger partial charge in [-0.1, -0.05) is 116 Å². The molecule has 0 aliphatic heterocycles. The maximum absolute atomic E-state index is 13.9. The summed E-state index contributed by atoms with van der Waals surface area (Å²) in [7, 11) is 0. The summed E-state index contributed by atoms with van der Waals surface area (Å²) in [6.07, 6.45) is -1.48. The van der Waals surface area contributed by atoms with Crippen LogP contribution in [-0.2, 0) is 9.47 Å². The summed E-state index contributed by atoms with van der Waals surface area (Å²) in [5.41, 5.74) is 5.18. The molecule has 0 saturated carbocycles. The van der Waals surface area contributed by atoms with Crippen LogP contribution in [-0.4, -0.2) is 24.1 Å². The summed E-state index contributed by atoms with van der Waals surface area (Å²) < 4.78 is 12.9. The Labute approximate surface area is 256 Å². The molecule has 0 N–H and O–H groups in total. The maximum Gasteiger partial charge on any atom is 0.338 e. The zero-order valence-electron chi connectivity index (χ0n) is 24.6. The first-order valence-electron chi connectivity index (χ1n) is 15.0. The lowest BCUT2D eigenvalue weighted by Gasteiger charge is -2.42. The van der Waals surface area contributed by atoms with E-state index in [1.54, 1.807) is 12.1 Å². The molecule has 0 heterocycles. The van der Waals surface area contributed by atoms with Gasteiger partial charge in [0.2, 0.25) is 0 Å². The van der Waals surface area contributed by atoms with Gasteiger partial charge in [-0.2, -0.15) is 0 Å². The highest BCUT2D eigenvalue weighted by Gasteiger charge is 2.46. The fourth-order valence-electron chi connectivity index (χ4n) is 6.64. The average Bonchev–Trinajstić information content (AvgIpc) is 3.06. The summed E-state index contributed by atoms with van der Waals surface area (Å²) in [5.74, 6) is -1.44. The minimum absolute atomic E-state index is 0.217. The van der Waals surface area contributed by atoms with Gasteiger partial charge in [-0.3, -0.25) is 0 Å². The molecule has 0 amide bonds. The Kier molecular flexibility index (Phi) is 7.19. The molecular weight excluding hydrogens is 544 g/mol. The molecule has 0 saturated heterocycles. The van der Waals surface area contributed by atoms with Gasteiger partial charge >= 0.3 is 11.9 Å². The van der Waals surface area contributed by atoms with Gasteiger partial charge in [0.25, 0.3) is 0 Å². The molecule has 0 fully saturated rings. The van der Waals surface area contributed by atoms with Crippen LogP contribution < -0.4 is 0 Å². The molecule has 1 aliphatic carbocycles. The van der Waals surface area contributed by atoms with Crippen LogP contribution >= 0.6 is 0 Å². The van der Waals surface area contributed by atoms with Crippen LogP contribution in [0.5, 0.6) is 0 Å². The topological polar surface area (TPSA) is 52.6 Å². The second-order valence-corrected chi connectivity index (χ2v) is 11.6. The molecule has 4 heteroatoms. The molecule has 1 aliphatic rings. The number of ether oxygens (including phenoxy) is 2. The first kappa shape index (κ1) is 27.6. The van der Waals surface area contributed by atoms with E-state index < -0.39 is 24.1 Å². The van der Waals surface area contributed by atoms with Gasteiger partial charge in [0, 0.05) is 5.92 Å². The van der Waals surface area contributed by atoms with Gasteiger partial charge in [0.1, 0.15) is 6.10 Å². The quantitative estimate of drug-likeness (QED) is 0.192. The van der Waals surface area contributed by atoms with Crippen molar-refractivity contribution in [2.45, 2.75) is 37.9 Å². The zero-order valence-corrected chi connectivity index (χ0v) is 24.6. The third-order valence-corrected chi connectivity index (χ3v) is 8.95. The van der Waals surface area contributed by atoms with E-state index in [0.29, 0.717) is 11.1 Å². The highest BCUT2D eigenvalue weighted by Crippen LogP contribution is 2.46. The Balaban J connectivity index is 1.32. The van der Waals surface area contributed by atoms with Gasteiger partial charge in [0.05, 0.1) is 17.0 Å². The highest BCUT2D eigenvalue weighted by atomic mass is 16.6. The molecule has 44 heavy (non-hydrogen) atoms. The van der Waals surface area contributed by atoms with E-state index in [4.69, 9.17) is 9.47 Å². The molecule has 2 unspecified atom stereocenters. The van der Waals surface area contributed by atoms with Gasteiger partial charge < -0.3 is 9.47 Å². The second kappa shape index (κ2) is 11.5. The summed E-state index contributed by atoms with van der Waals surface area (Å²) in [4.78, 5) is 27.7. The molecule has 6 aromatic rings. The predicted molar refractivity (Wildman–Crippen MR) is 174 cm³/mol. The lowest BCUT2D eigenvalue weighted by atomic mass is 9.70. The SMILES string of the molecule is Cc1ccccc1[C@H]1c2ccccc2[C@H](C)C(OC(=O)c2ccc3ccccc3c2)C1OC(=O)c1ccc2ccccc2c1. The minimum atomic E-state index is -0.760. The van der Waals surface area contributed by atoms with Crippen molar-refractivity contribution >= 4 is 33.5 Å². The van der Waals surface area contributed by atoms with Crippen molar-refractivity contribution in [3.05, 3.63) is 167 Å². The number of carbonyl (C=O) groups is 2. The van der Waals surface area contributed by atoms with Crippen molar-refractivity contribution in [3.8, 4) is 0 Å². The third kappa shape index (κ3) is 5.03. The van der Waals surface area contributed by atoms with Crippen molar-refractivity contribution in [3.63, 3.8) is 0 Å².